The van der Waals surface area contributed by atoms with Crippen LogP contribution in [-0.2, 0) is 19.4 Å². The Labute approximate surface area is 47.9 Å². The normalized spacial score (nSPS) is 11.4. The topological polar surface area (TPSA) is 0 Å². The summed E-state index contributed by atoms with van der Waals surface area (Å²) in [7, 11) is 0. The summed E-state index contributed by atoms with van der Waals surface area (Å²) in [5, 5.41) is 0. The first-order valence-electron chi connectivity index (χ1n) is 1.21. The van der Waals surface area contributed by atoms with Crippen LogP contribution in [-0.4, -0.2) is 10.3 Å². The molecule has 5 heteroatoms. The van der Waals surface area contributed by atoms with E-state index in [0.29, 0.717) is 19.4 Å². The molecule has 0 fully saturated rings. The molecule has 0 aromatic carbocycles. The summed E-state index contributed by atoms with van der Waals surface area (Å²) >= 11 is 0.309. The Morgan fingerprint density at radius 3 is 1.43 bits per heavy atom. The summed E-state index contributed by atoms with van der Waals surface area (Å²) in [6.45, 7) is 0. The number of hydrogen-bond donors (Lipinski definition) is 0. The third kappa shape index (κ3) is 2.92. The van der Waals surface area contributed by atoms with E-state index in [4.69, 9.17) is 0 Å². The monoisotopic (exact) mass is 198 g/mol. The van der Waals surface area contributed by atoms with Crippen LogP contribution in [0.25, 0.3) is 0 Å². The van der Waals surface area contributed by atoms with E-state index in [9.17, 15) is 17.6 Å². The molecule has 0 unspecified atom stereocenters. The summed E-state index contributed by atoms with van der Waals surface area (Å²) in [5.41, 5.74) is 0. The standard InChI is InChI=1S/C2F4.Mo/c3-1-2(4,5)6;. The predicted octanol–water partition coefficient (Wildman–Crippen LogP) is 1.19. The summed E-state index contributed by atoms with van der Waals surface area (Å²) in [6, 6.07) is 0. The fraction of sp³-hybridized carbons (Fsp3) is 0.500. The third-order valence-electron chi connectivity index (χ3n) is 0.223. The molecule has 0 aromatic rings. The van der Waals surface area contributed by atoms with Gasteiger partial charge in [-0.15, -0.1) is 0 Å². The Morgan fingerprint density at radius 1 is 1.29 bits per heavy atom. The molecule has 0 spiro atoms. The molecule has 42 valence electrons. The molecular formula is C2F4Mo. The van der Waals surface area contributed by atoms with Gasteiger partial charge in [0, 0.05) is 0 Å². The van der Waals surface area contributed by atoms with Gasteiger partial charge in [0.15, 0.2) is 0 Å². The van der Waals surface area contributed by atoms with Gasteiger partial charge in [0.1, 0.15) is 0 Å². The molecule has 0 aromatic heterocycles. The third-order valence-corrected chi connectivity index (χ3v) is 0.792. The van der Waals surface area contributed by atoms with Crippen LogP contribution < -0.4 is 0 Å². The van der Waals surface area contributed by atoms with Crippen molar-refractivity contribution in [2.75, 3.05) is 0 Å². The van der Waals surface area contributed by atoms with Gasteiger partial charge in [0.2, 0.25) is 0 Å². The van der Waals surface area contributed by atoms with Crippen molar-refractivity contribution in [1.82, 2.24) is 0 Å². The SMILES string of the molecule is F[C](=[Mo])C(F)(F)F. The number of halogens is 4. The van der Waals surface area contributed by atoms with Crippen molar-refractivity contribution in [3.8, 4) is 0 Å². The van der Waals surface area contributed by atoms with Gasteiger partial charge in [-0.25, -0.2) is 0 Å². The quantitative estimate of drug-likeness (QED) is 0.403. The van der Waals surface area contributed by atoms with E-state index in [1.807, 2.05) is 0 Å². The van der Waals surface area contributed by atoms with Crippen LogP contribution in [0.15, 0.2) is 0 Å². The van der Waals surface area contributed by atoms with Gasteiger partial charge in [0.05, 0.1) is 0 Å². The zero-order chi connectivity index (χ0) is 6.08. The average molecular weight is 196 g/mol. The maximum absolute atomic E-state index is 11.0. The Kier molecular flexibility index (Phi) is 2.11. The van der Waals surface area contributed by atoms with Gasteiger partial charge in [0.25, 0.3) is 0 Å². The fourth-order valence-electron chi connectivity index (χ4n) is 0. The Bertz CT molecular complexity index is 82.2. The molecule has 0 radical (unpaired) electrons. The van der Waals surface area contributed by atoms with Crippen LogP contribution >= 0.6 is 0 Å². The van der Waals surface area contributed by atoms with E-state index in [0.717, 1.165) is 0 Å². The second kappa shape index (κ2) is 2.03. The number of hydrogen-bond acceptors (Lipinski definition) is 0. The fourth-order valence-corrected chi connectivity index (χ4v) is 0. The molecule has 7 heavy (non-hydrogen) atoms. The van der Waals surface area contributed by atoms with Crippen LogP contribution in [0.3, 0.4) is 0 Å². The maximum atomic E-state index is 11.0. The summed E-state index contributed by atoms with van der Waals surface area (Å²) < 4.78 is 41.3. The molecule has 0 saturated carbocycles. The van der Waals surface area contributed by atoms with E-state index in [2.05, 4.69) is 0 Å². The van der Waals surface area contributed by atoms with Gasteiger partial charge in [-0.2, -0.15) is 0 Å². The molecular weight excluding hydrogens is 196 g/mol. The van der Waals surface area contributed by atoms with Crippen molar-refractivity contribution in [3.05, 3.63) is 0 Å². The van der Waals surface area contributed by atoms with Gasteiger partial charge in [-0.3, -0.25) is 0 Å². The number of alkyl halides is 3. The Morgan fingerprint density at radius 2 is 1.43 bits per heavy atom. The second-order valence-corrected chi connectivity index (χ2v) is 1.65. The molecule has 0 amide bonds. The van der Waals surface area contributed by atoms with E-state index in [-0.39, 0.29) is 0 Å². The van der Waals surface area contributed by atoms with Crippen LogP contribution in [0.2, 0.25) is 0 Å². The molecule has 0 bridgehead atoms. The van der Waals surface area contributed by atoms with E-state index in [1.54, 1.807) is 0 Å². The molecule has 0 rings (SSSR count). The van der Waals surface area contributed by atoms with Crippen molar-refractivity contribution in [1.29, 1.82) is 0 Å². The zero-order valence-corrected chi connectivity index (χ0v) is 4.93. The van der Waals surface area contributed by atoms with Gasteiger partial charge >= 0.3 is 47.2 Å². The van der Waals surface area contributed by atoms with Crippen molar-refractivity contribution in [2.24, 2.45) is 0 Å². The molecule has 0 aliphatic heterocycles. The summed E-state index contributed by atoms with van der Waals surface area (Å²) in [5.74, 6) is 0. The molecule has 0 atom stereocenters. The minimum absolute atomic E-state index is 0.309. The molecule has 0 N–H and O–H groups in total. The van der Waals surface area contributed by atoms with Crippen LogP contribution in [0.4, 0.5) is 17.6 Å². The van der Waals surface area contributed by atoms with E-state index < -0.39 is 10.3 Å². The van der Waals surface area contributed by atoms with E-state index in [1.165, 1.54) is 0 Å². The van der Waals surface area contributed by atoms with Crippen LogP contribution in [0.1, 0.15) is 0 Å². The Balaban J connectivity index is 3.79. The molecule has 0 heterocycles. The minimum atomic E-state index is -4.75. The van der Waals surface area contributed by atoms with Crippen LogP contribution in [0.5, 0.6) is 0 Å². The van der Waals surface area contributed by atoms with Gasteiger partial charge in [-0.1, -0.05) is 0 Å². The molecule has 0 nitrogen and oxygen atoms in total. The van der Waals surface area contributed by atoms with Crippen LogP contribution in [0, 0.1) is 0 Å². The van der Waals surface area contributed by atoms with Gasteiger partial charge in [-0.05, 0) is 0 Å². The van der Waals surface area contributed by atoms with Crippen molar-refractivity contribution in [2.45, 2.75) is 6.18 Å². The molecule has 0 aliphatic rings. The first kappa shape index (κ1) is 7.28. The van der Waals surface area contributed by atoms with E-state index >= 15 is 0 Å². The summed E-state index contributed by atoms with van der Waals surface area (Å²) in [4.78, 5) is 0. The zero-order valence-electron chi connectivity index (χ0n) is 2.92. The second-order valence-electron chi connectivity index (χ2n) is 0.771. The van der Waals surface area contributed by atoms with Gasteiger partial charge < -0.3 is 0 Å². The first-order valence-corrected chi connectivity index (χ1v) is 2.21. The molecule has 0 saturated heterocycles. The Hall–Kier alpha value is 0.278. The summed E-state index contributed by atoms with van der Waals surface area (Å²) in [6.07, 6.45) is -4.75. The average Bonchev–Trinajstić information content (AvgIpc) is 1.31. The number of rotatable bonds is 0. The first-order chi connectivity index (χ1) is 2.94. The van der Waals surface area contributed by atoms with Crippen molar-refractivity contribution in [3.63, 3.8) is 0 Å². The van der Waals surface area contributed by atoms with Crippen molar-refractivity contribution < 1.29 is 36.9 Å². The van der Waals surface area contributed by atoms with Crippen molar-refractivity contribution >= 4 is 4.15 Å². The molecule has 0 aliphatic carbocycles. The predicted molar refractivity (Wildman–Crippen MR) is 12.2 cm³/mol.